The summed E-state index contributed by atoms with van der Waals surface area (Å²) in [5, 5.41) is 6.19. The maximum atomic E-state index is 13.2. The molecular weight excluding hydrogens is 339 g/mol. The Labute approximate surface area is 132 Å². The zero-order valence-electron chi connectivity index (χ0n) is 12.0. The van der Waals surface area contributed by atoms with Crippen molar-refractivity contribution in [2.75, 3.05) is 19.8 Å². The lowest BCUT2D eigenvalue weighted by Crippen LogP contribution is -2.44. The highest BCUT2D eigenvalue weighted by Crippen LogP contribution is 2.19. The Morgan fingerprint density at radius 1 is 1.48 bits per heavy atom. The number of hydrogen-bond donors (Lipinski definition) is 2. The van der Waals surface area contributed by atoms with Crippen LogP contribution in [0.3, 0.4) is 0 Å². The number of rotatable bonds is 6. The van der Waals surface area contributed by atoms with Crippen LogP contribution in [0.4, 0.5) is 4.39 Å². The van der Waals surface area contributed by atoms with E-state index < -0.39 is 0 Å². The largest absolute Gasteiger partial charge is 0.379 e. The van der Waals surface area contributed by atoms with Crippen molar-refractivity contribution in [3.8, 4) is 0 Å². The van der Waals surface area contributed by atoms with Crippen LogP contribution < -0.4 is 10.6 Å². The number of nitrogens with one attached hydrogen (secondary N) is 2. The minimum Gasteiger partial charge on any atom is -0.379 e. The second kappa shape index (κ2) is 7.87. The number of carbonyl (C=O) groups is 1. The van der Waals surface area contributed by atoms with Crippen molar-refractivity contribution in [3.05, 3.63) is 34.1 Å². The van der Waals surface area contributed by atoms with Crippen LogP contribution in [-0.4, -0.2) is 31.7 Å². The quantitative estimate of drug-likeness (QED) is 0.819. The third kappa shape index (κ3) is 4.49. The lowest BCUT2D eigenvalue weighted by Gasteiger charge is -2.18. The highest BCUT2D eigenvalue weighted by atomic mass is 79.9. The zero-order chi connectivity index (χ0) is 15.2. The van der Waals surface area contributed by atoms with Crippen LogP contribution in [0.1, 0.15) is 18.9 Å². The first-order valence-electron chi connectivity index (χ1n) is 7.14. The molecule has 0 aliphatic carbocycles. The summed E-state index contributed by atoms with van der Waals surface area (Å²) in [4.78, 5) is 12.2. The molecule has 0 saturated carbocycles. The molecule has 2 unspecified atom stereocenters. The van der Waals surface area contributed by atoms with Crippen molar-refractivity contribution in [2.24, 2.45) is 5.92 Å². The molecule has 0 radical (unpaired) electrons. The standard InChI is InChI=1S/C15H20BrFN2O2/c1-2-5-18-14-9-21-8-12(14)15(20)19-7-10-6-11(17)3-4-13(10)16/h3-4,6,12,14,18H,2,5,7-9H2,1H3,(H,19,20). The van der Waals surface area contributed by atoms with Gasteiger partial charge in [-0.3, -0.25) is 4.79 Å². The van der Waals surface area contributed by atoms with E-state index in [1.165, 1.54) is 12.1 Å². The molecule has 1 aliphatic heterocycles. The SMILES string of the molecule is CCCNC1COCC1C(=O)NCc1cc(F)ccc1Br. The Hall–Kier alpha value is -0.980. The van der Waals surface area contributed by atoms with Crippen molar-refractivity contribution in [1.29, 1.82) is 0 Å². The van der Waals surface area contributed by atoms with Gasteiger partial charge in [-0.05, 0) is 36.7 Å². The summed E-state index contributed by atoms with van der Waals surface area (Å²) in [6.07, 6.45) is 1.01. The minimum atomic E-state index is -0.311. The molecule has 6 heteroatoms. The zero-order valence-corrected chi connectivity index (χ0v) is 13.6. The smallest absolute Gasteiger partial charge is 0.227 e. The van der Waals surface area contributed by atoms with Gasteiger partial charge in [0, 0.05) is 17.1 Å². The van der Waals surface area contributed by atoms with Crippen LogP contribution in [0, 0.1) is 11.7 Å². The summed E-state index contributed by atoms with van der Waals surface area (Å²) in [5.74, 6) is -0.560. The fourth-order valence-corrected chi connectivity index (χ4v) is 2.72. The van der Waals surface area contributed by atoms with Crippen molar-refractivity contribution in [3.63, 3.8) is 0 Å². The van der Waals surface area contributed by atoms with Gasteiger partial charge in [-0.1, -0.05) is 22.9 Å². The van der Waals surface area contributed by atoms with Gasteiger partial charge in [-0.25, -0.2) is 4.39 Å². The van der Waals surface area contributed by atoms with E-state index in [9.17, 15) is 9.18 Å². The topological polar surface area (TPSA) is 50.4 Å². The summed E-state index contributed by atoms with van der Waals surface area (Å²) in [6, 6.07) is 4.50. The van der Waals surface area contributed by atoms with Gasteiger partial charge in [0.2, 0.25) is 5.91 Å². The van der Waals surface area contributed by atoms with Crippen molar-refractivity contribution in [2.45, 2.75) is 25.9 Å². The highest BCUT2D eigenvalue weighted by molar-refractivity contribution is 9.10. The van der Waals surface area contributed by atoms with Crippen molar-refractivity contribution in [1.82, 2.24) is 10.6 Å². The molecule has 2 N–H and O–H groups in total. The van der Waals surface area contributed by atoms with E-state index >= 15 is 0 Å². The molecule has 1 saturated heterocycles. The molecule has 0 bridgehead atoms. The van der Waals surface area contributed by atoms with Crippen molar-refractivity contribution < 1.29 is 13.9 Å². The molecule has 1 fully saturated rings. The van der Waals surface area contributed by atoms with Gasteiger partial charge in [0.1, 0.15) is 5.82 Å². The Morgan fingerprint density at radius 2 is 2.29 bits per heavy atom. The lowest BCUT2D eigenvalue weighted by molar-refractivity contribution is -0.125. The van der Waals surface area contributed by atoms with E-state index in [0.717, 1.165) is 23.0 Å². The van der Waals surface area contributed by atoms with Crippen LogP contribution in [0.25, 0.3) is 0 Å². The van der Waals surface area contributed by atoms with Crippen LogP contribution in [-0.2, 0) is 16.1 Å². The van der Waals surface area contributed by atoms with Crippen molar-refractivity contribution >= 4 is 21.8 Å². The maximum absolute atomic E-state index is 13.2. The molecule has 1 aromatic carbocycles. The third-order valence-corrected chi connectivity index (χ3v) is 4.31. The lowest BCUT2D eigenvalue weighted by atomic mass is 10.0. The Morgan fingerprint density at radius 3 is 3.05 bits per heavy atom. The molecule has 0 aromatic heterocycles. The third-order valence-electron chi connectivity index (χ3n) is 3.53. The molecule has 21 heavy (non-hydrogen) atoms. The van der Waals surface area contributed by atoms with E-state index in [1.54, 1.807) is 6.07 Å². The van der Waals surface area contributed by atoms with Crippen LogP contribution in [0.15, 0.2) is 22.7 Å². The highest BCUT2D eigenvalue weighted by Gasteiger charge is 2.33. The van der Waals surface area contributed by atoms with Gasteiger partial charge in [0.15, 0.2) is 0 Å². The summed E-state index contributed by atoms with van der Waals surface area (Å²) >= 11 is 3.36. The van der Waals surface area contributed by atoms with E-state index in [1.807, 2.05) is 0 Å². The molecule has 2 atom stereocenters. The van der Waals surface area contributed by atoms with E-state index in [4.69, 9.17) is 4.74 Å². The minimum absolute atomic E-state index is 0.0564. The number of carbonyl (C=O) groups excluding carboxylic acids is 1. The normalized spacial score (nSPS) is 21.5. The molecular formula is C15H20BrFN2O2. The first kappa shape index (κ1) is 16.4. The fourth-order valence-electron chi connectivity index (χ4n) is 2.34. The second-order valence-corrected chi connectivity index (χ2v) is 6.01. The average Bonchev–Trinajstić information content (AvgIpc) is 2.94. The number of benzene rings is 1. The Balaban J connectivity index is 1.90. The first-order chi connectivity index (χ1) is 10.1. The predicted octanol–water partition coefficient (Wildman–Crippen LogP) is 2.22. The predicted molar refractivity (Wildman–Crippen MR) is 82.3 cm³/mol. The number of ether oxygens (including phenoxy) is 1. The molecule has 0 spiro atoms. The van der Waals surface area contributed by atoms with Gasteiger partial charge in [0.05, 0.1) is 19.1 Å². The molecule has 2 rings (SSSR count). The van der Waals surface area contributed by atoms with Crippen LogP contribution in [0.5, 0.6) is 0 Å². The monoisotopic (exact) mass is 358 g/mol. The van der Waals surface area contributed by atoms with Crippen LogP contribution in [0.2, 0.25) is 0 Å². The van der Waals surface area contributed by atoms with Gasteiger partial charge in [-0.15, -0.1) is 0 Å². The number of amides is 1. The molecule has 1 aliphatic rings. The van der Waals surface area contributed by atoms with E-state index in [0.29, 0.717) is 19.8 Å². The average molecular weight is 359 g/mol. The van der Waals surface area contributed by atoms with Gasteiger partial charge in [0.25, 0.3) is 0 Å². The second-order valence-electron chi connectivity index (χ2n) is 5.16. The molecule has 1 heterocycles. The summed E-state index contributed by atoms with van der Waals surface area (Å²) in [6.45, 7) is 4.24. The van der Waals surface area contributed by atoms with Gasteiger partial charge >= 0.3 is 0 Å². The summed E-state index contributed by atoms with van der Waals surface area (Å²) in [7, 11) is 0. The van der Waals surface area contributed by atoms with E-state index in [2.05, 4.69) is 33.5 Å². The summed E-state index contributed by atoms with van der Waals surface area (Å²) in [5.41, 5.74) is 0.723. The van der Waals surface area contributed by atoms with E-state index in [-0.39, 0.29) is 23.7 Å². The number of halogens is 2. The van der Waals surface area contributed by atoms with Crippen LogP contribution >= 0.6 is 15.9 Å². The fraction of sp³-hybridized carbons (Fsp3) is 0.533. The summed E-state index contributed by atoms with van der Waals surface area (Å²) < 4.78 is 19.4. The molecule has 116 valence electrons. The first-order valence-corrected chi connectivity index (χ1v) is 7.94. The Bertz CT molecular complexity index is 499. The van der Waals surface area contributed by atoms with Gasteiger partial charge < -0.3 is 15.4 Å². The number of hydrogen-bond acceptors (Lipinski definition) is 3. The molecule has 1 aromatic rings. The maximum Gasteiger partial charge on any atom is 0.227 e. The molecule has 1 amide bonds. The van der Waals surface area contributed by atoms with Gasteiger partial charge in [-0.2, -0.15) is 0 Å². The molecule has 4 nitrogen and oxygen atoms in total. The Kier molecular flexibility index (Phi) is 6.14.